The maximum Gasteiger partial charge on any atom is 0.257 e. The number of pyridine rings is 1. The van der Waals surface area contributed by atoms with Crippen molar-refractivity contribution >= 4 is 17.9 Å². The lowest BCUT2D eigenvalue weighted by molar-refractivity contribution is -0.0406. The van der Waals surface area contributed by atoms with E-state index < -0.39 is 0 Å². The molecule has 5 rings (SSSR count). The molecule has 4 heterocycles. The molecule has 7 heteroatoms. The molecule has 0 spiro atoms. The second kappa shape index (κ2) is 8.28. The first-order valence-corrected chi connectivity index (χ1v) is 12.1. The van der Waals surface area contributed by atoms with E-state index in [1.165, 1.54) is 42.1 Å². The van der Waals surface area contributed by atoms with Crippen LogP contribution in [-0.2, 0) is 17.8 Å². The summed E-state index contributed by atoms with van der Waals surface area (Å²) in [4.78, 5) is 22.6. The standard InChI is InChI=1S/C26H34N4O3/c1-16(2)22-13-29(8-9-30(22)25(31)18-7-10-32-14-18)24-20(12-27)19-11-26(3,4)33-15-21(19)23(28-24)17-5-6-17/h7,10,12,14,16-17,22,27H,5-6,8-9,11,13,15H2,1-4H3/t22-/m0/s1. The molecule has 2 aromatic rings. The molecule has 2 aliphatic heterocycles. The number of hydrogen-bond acceptors (Lipinski definition) is 6. The number of hydrogen-bond donors (Lipinski definition) is 1. The Morgan fingerprint density at radius 1 is 1.27 bits per heavy atom. The van der Waals surface area contributed by atoms with Gasteiger partial charge in [0.1, 0.15) is 12.1 Å². The molecule has 176 valence electrons. The smallest absolute Gasteiger partial charge is 0.257 e. The van der Waals surface area contributed by atoms with Gasteiger partial charge in [-0.3, -0.25) is 4.79 Å². The third-order valence-corrected chi connectivity index (χ3v) is 7.30. The van der Waals surface area contributed by atoms with Crippen molar-refractivity contribution in [3.63, 3.8) is 0 Å². The predicted octanol–water partition coefficient (Wildman–Crippen LogP) is 4.39. The molecule has 0 bridgehead atoms. The SMILES string of the molecule is CC(C)[C@@H]1CN(c2nc(C3CC3)c3c(c2C=N)CC(C)(C)OC3)CCN1C(=O)c1ccoc1. The van der Waals surface area contributed by atoms with Gasteiger partial charge in [0.2, 0.25) is 0 Å². The lowest BCUT2D eigenvalue weighted by Crippen LogP contribution is -2.57. The maximum atomic E-state index is 13.1. The van der Waals surface area contributed by atoms with E-state index in [1.54, 1.807) is 12.3 Å². The number of amides is 1. The fourth-order valence-corrected chi connectivity index (χ4v) is 5.27. The number of furan rings is 1. The van der Waals surface area contributed by atoms with Crippen molar-refractivity contribution < 1.29 is 13.9 Å². The van der Waals surface area contributed by atoms with Gasteiger partial charge >= 0.3 is 0 Å². The monoisotopic (exact) mass is 450 g/mol. The molecule has 1 N–H and O–H groups in total. The number of aromatic nitrogens is 1. The summed E-state index contributed by atoms with van der Waals surface area (Å²) in [6.07, 6.45) is 7.69. The zero-order valence-electron chi connectivity index (χ0n) is 20.1. The lowest BCUT2D eigenvalue weighted by Gasteiger charge is -2.44. The Hall–Kier alpha value is -2.67. The van der Waals surface area contributed by atoms with Crippen molar-refractivity contribution in [2.45, 2.75) is 71.1 Å². The number of ether oxygens (including phenoxy) is 1. The second-order valence-electron chi connectivity index (χ2n) is 10.6. The van der Waals surface area contributed by atoms with Crippen LogP contribution in [0.3, 0.4) is 0 Å². The minimum absolute atomic E-state index is 0.0188. The van der Waals surface area contributed by atoms with E-state index in [2.05, 4.69) is 32.6 Å². The van der Waals surface area contributed by atoms with Crippen LogP contribution < -0.4 is 4.90 Å². The van der Waals surface area contributed by atoms with Crippen molar-refractivity contribution in [3.8, 4) is 0 Å². The first-order valence-electron chi connectivity index (χ1n) is 12.1. The molecule has 33 heavy (non-hydrogen) atoms. The fourth-order valence-electron chi connectivity index (χ4n) is 5.27. The number of carbonyl (C=O) groups excluding carboxylic acids is 1. The Balaban J connectivity index is 1.51. The molecule has 1 saturated carbocycles. The van der Waals surface area contributed by atoms with Crippen molar-refractivity contribution in [3.05, 3.63) is 46.5 Å². The van der Waals surface area contributed by atoms with Gasteiger partial charge in [0.15, 0.2) is 0 Å². The molecule has 2 aromatic heterocycles. The van der Waals surface area contributed by atoms with E-state index in [0.717, 1.165) is 17.8 Å². The number of fused-ring (bicyclic) bond motifs is 1. The van der Waals surface area contributed by atoms with Crippen LogP contribution >= 0.6 is 0 Å². The number of rotatable bonds is 5. The van der Waals surface area contributed by atoms with Gasteiger partial charge in [-0.2, -0.15) is 0 Å². The van der Waals surface area contributed by atoms with Gasteiger partial charge in [0.05, 0.1) is 35.8 Å². The second-order valence-corrected chi connectivity index (χ2v) is 10.6. The third-order valence-electron chi connectivity index (χ3n) is 7.30. The number of carbonyl (C=O) groups is 1. The minimum Gasteiger partial charge on any atom is -0.472 e. The Morgan fingerprint density at radius 2 is 2.06 bits per heavy atom. The number of nitrogens with zero attached hydrogens (tertiary/aromatic N) is 3. The fraction of sp³-hybridized carbons (Fsp3) is 0.577. The molecule has 1 atom stereocenters. The molecule has 2 fully saturated rings. The van der Waals surface area contributed by atoms with Crippen LogP contribution in [0.5, 0.6) is 0 Å². The maximum absolute atomic E-state index is 13.1. The van der Waals surface area contributed by atoms with Crippen LogP contribution in [0.2, 0.25) is 0 Å². The summed E-state index contributed by atoms with van der Waals surface area (Å²) < 4.78 is 11.3. The zero-order valence-corrected chi connectivity index (χ0v) is 20.1. The van der Waals surface area contributed by atoms with E-state index >= 15 is 0 Å². The largest absolute Gasteiger partial charge is 0.472 e. The van der Waals surface area contributed by atoms with Gasteiger partial charge in [-0.15, -0.1) is 0 Å². The zero-order chi connectivity index (χ0) is 23.3. The summed E-state index contributed by atoms with van der Waals surface area (Å²) in [5, 5.41) is 8.30. The molecule has 7 nitrogen and oxygen atoms in total. The highest BCUT2D eigenvalue weighted by atomic mass is 16.5. The van der Waals surface area contributed by atoms with Gasteiger partial charge in [0.25, 0.3) is 5.91 Å². The van der Waals surface area contributed by atoms with Gasteiger partial charge in [-0.05, 0) is 44.2 Å². The van der Waals surface area contributed by atoms with Crippen molar-refractivity contribution in [1.82, 2.24) is 9.88 Å². The molecular weight excluding hydrogens is 416 g/mol. The van der Waals surface area contributed by atoms with E-state index in [0.29, 0.717) is 43.6 Å². The molecule has 3 aliphatic rings. The molecule has 1 amide bonds. The predicted molar refractivity (Wildman–Crippen MR) is 127 cm³/mol. The van der Waals surface area contributed by atoms with Crippen LogP contribution in [0.15, 0.2) is 23.0 Å². The van der Waals surface area contributed by atoms with Crippen LogP contribution in [0, 0.1) is 11.3 Å². The van der Waals surface area contributed by atoms with Crippen molar-refractivity contribution in [2.24, 2.45) is 5.92 Å². The van der Waals surface area contributed by atoms with Crippen LogP contribution in [-0.4, -0.2) is 53.3 Å². The number of anilines is 1. The molecule has 1 saturated heterocycles. The van der Waals surface area contributed by atoms with Gasteiger partial charge in [0, 0.05) is 49.3 Å². The molecular formula is C26H34N4O3. The van der Waals surface area contributed by atoms with Crippen molar-refractivity contribution in [2.75, 3.05) is 24.5 Å². The van der Waals surface area contributed by atoms with Gasteiger partial charge in [-0.1, -0.05) is 13.8 Å². The summed E-state index contributed by atoms with van der Waals surface area (Å²) in [7, 11) is 0. The first kappa shape index (κ1) is 22.1. The van der Waals surface area contributed by atoms with E-state index in [4.69, 9.17) is 19.5 Å². The molecule has 0 radical (unpaired) electrons. The quantitative estimate of drug-likeness (QED) is 0.683. The van der Waals surface area contributed by atoms with E-state index in [9.17, 15) is 4.79 Å². The summed E-state index contributed by atoms with van der Waals surface area (Å²) in [5.74, 6) is 1.72. The summed E-state index contributed by atoms with van der Waals surface area (Å²) >= 11 is 0. The minimum atomic E-state index is -0.250. The molecule has 0 aromatic carbocycles. The summed E-state index contributed by atoms with van der Waals surface area (Å²) in [6, 6.07) is 1.79. The van der Waals surface area contributed by atoms with Crippen molar-refractivity contribution in [1.29, 1.82) is 5.41 Å². The van der Waals surface area contributed by atoms with Crippen LogP contribution in [0.4, 0.5) is 5.82 Å². The Kier molecular flexibility index (Phi) is 5.55. The lowest BCUT2D eigenvalue weighted by atomic mass is 9.87. The molecule has 0 unspecified atom stereocenters. The first-order chi connectivity index (χ1) is 15.8. The van der Waals surface area contributed by atoms with Gasteiger partial charge < -0.3 is 24.4 Å². The Labute approximate surface area is 195 Å². The third kappa shape index (κ3) is 4.07. The average molecular weight is 451 g/mol. The Bertz CT molecular complexity index is 1060. The van der Waals surface area contributed by atoms with Crippen LogP contribution in [0.25, 0.3) is 0 Å². The highest BCUT2D eigenvalue weighted by molar-refractivity contribution is 5.94. The Morgan fingerprint density at radius 3 is 2.70 bits per heavy atom. The van der Waals surface area contributed by atoms with Gasteiger partial charge in [-0.25, -0.2) is 4.98 Å². The number of nitrogens with one attached hydrogen (secondary N) is 1. The highest BCUT2D eigenvalue weighted by Crippen LogP contribution is 2.45. The number of piperazine rings is 1. The normalized spacial score (nSPS) is 22.4. The highest BCUT2D eigenvalue weighted by Gasteiger charge is 2.39. The van der Waals surface area contributed by atoms with E-state index in [1.807, 2.05) is 4.90 Å². The molecule has 1 aliphatic carbocycles. The average Bonchev–Trinajstić information content (AvgIpc) is 3.49. The summed E-state index contributed by atoms with van der Waals surface area (Å²) in [6.45, 7) is 11.2. The topological polar surface area (TPSA) is 82.7 Å². The van der Waals surface area contributed by atoms with Crippen LogP contribution in [0.1, 0.15) is 79.2 Å². The van der Waals surface area contributed by atoms with E-state index in [-0.39, 0.29) is 17.6 Å². The summed E-state index contributed by atoms with van der Waals surface area (Å²) in [5.41, 5.74) is 4.86.